The molecule has 0 aliphatic carbocycles. The van der Waals surface area contributed by atoms with Gasteiger partial charge >= 0.3 is 6.09 Å². The van der Waals surface area contributed by atoms with Gasteiger partial charge < -0.3 is 14.8 Å². The van der Waals surface area contributed by atoms with E-state index < -0.39 is 11.7 Å². The normalized spacial score (nSPS) is 12.4. The Bertz CT molecular complexity index is 534. The van der Waals surface area contributed by atoms with E-state index in [1.54, 1.807) is 19.2 Å². The topological polar surface area (TPSA) is 64.6 Å². The molecule has 0 aliphatic rings. The van der Waals surface area contributed by atoms with Crippen LogP contribution in [0.4, 0.5) is 4.79 Å². The van der Waals surface area contributed by atoms with Gasteiger partial charge in [0.1, 0.15) is 11.4 Å². The molecule has 0 saturated heterocycles. The largest absolute Gasteiger partial charge is 0.496 e. The summed E-state index contributed by atoms with van der Waals surface area (Å²) in [4.78, 5) is 23.9. The summed E-state index contributed by atoms with van der Waals surface area (Å²) in [5.74, 6) is 0.824. The average Bonchev–Trinajstić information content (AvgIpc) is 2.48. The third-order valence-electron chi connectivity index (χ3n) is 3.27. The third kappa shape index (κ3) is 7.17. The minimum atomic E-state index is -0.507. The van der Waals surface area contributed by atoms with Gasteiger partial charge in [-0.25, -0.2) is 4.79 Å². The van der Waals surface area contributed by atoms with Gasteiger partial charge in [0, 0.05) is 13.0 Å². The fourth-order valence-electron chi connectivity index (χ4n) is 2.06. The second-order valence-corrected chi connectivity index (χ2v) is 6.65. The minimum Gasteiger partial charge on any atom is -0.496 e. The number of hydrogen-bond acceptors (Lipinski definition) is 4. The number of ether oxygens (including phenoxy) is 2. The van der Waals surface area contributed by atoms with E-state index in [2.05, 4.69) is 5.32 Å². The summed E-state index contributed by atoms with van der Waals surface area (Å²) in [6.07, 6.45) is 0.671. The Hall–Kier alpha value is -2.04. The summed E-state index contributed by atoms with van der Waals surface area (Å²) in [6, 6.07) is 7.21. The van der Waals surface area contributed by atoms with Crippen LogP contribution in [-0.2, 0) is 4.74 Å². The lowest BCUT2D eigenvalue weighted by Crippen LogP contribution is -2.34. The Morgan fingerprint density at radius 2 is 1.87 bits per heavy atom. The van der Waals surface area contributed by atoms with Gasteiger partial charge in [-0.15, -0.1) is 0 Å². The molecule has 0 aromatic heterocycles. The lowest BCUT2D eigenvalue weighted by molar-refractivity contribution is 0.0520. The van der Waals surface area contributed by atoms with Crippen LogP contribution in [0.3, 0.4) is 0 Å². The number of methoxy groups -OCH3 is 1. The first-order valence-electron chi connectivity index (χ1n) is 7.86. The second kappa shape index (κ2) is 8.56. The highest BCUT2D eigenvalue weighted by atomic mass is 16.6. The summed E-state index contributed by atoms with van der Waals surface area (Å²) >= 11 is 0. The van der Waals surface area contributed by atoms with Crippen LogP contribution in [0.15, 0.2) is 24.3 Å². The molecule has 128 valence electrons. The summed E-state index contributed by atoms with van der Waals surface area (Å²) in [5.41, 5.74) is 0.0926. The molecule has 1 amide bonds. The van der Waals surface area contributed by atoms with Crippen molar-refractivity contribution in [2.24, 2.45) is 5.92 Å². The number of hydrogen-bond donors (Lipinski definition) is 1. The molecule has 1 rings (SSSR count). The maximum Gasteiger partial charge on any atom is 0.407 e. The number of amides is 1. The minimum absolute atomic E-state index is 0.0477. The van der Waals surface area contributed by atoms with Gasteiger partial charge in [-0.2, -0.15) is 0 Å². The Morgan fingerprint density at radius 3 is 2.48 bits per heavy atom. The van der Waals surface area contributed by atoms with Crippen LogP contribution in [0.25, 0.3) is 0 Å². The van der Waals surface area contributed by atoms with Crippen molar-refractivity contribution in [3.63, 3.8) is 0 Å². The van der Waals surface area contributed by atoms with Crippen LogP contribution in [-0.4, -0.2) is 31.1 Å². The number of benzene rings is 1. The molecule has 23 heavy (non-hydrogen) atoms. The van der Waals surface area contributed by atoms with Crippen molar-refractivity contribution in [1.82, 2.24) is 5.32 Å². The molecule has 0 radical (unpaired) electrons. The summed E-state index contributed by atoms with van der Waals surface area (Å²) in [7, 11) is 1.56. The van der Waals surface area contributed by atoms with E-state index in [0.29, 0.717) is 30.7 Å². The molecule has 1 atom stereocenters. The zero-order chi connectivity index (χ0) is 17.5. The number of carbonyl (C=O) groups is 2. The zero-order valence-corrected chi connectivity index (χ0v) is 14.6. The number of carbonyl (C=O) groups excluding carboxylic acids is 2. The molecule has 0 bridgehead atoms. The first-order valence-corrected chi connectivity index (χ1v) is 7.86. The van der Waals surface area contributed by atoms with Gasteiger partial charge in [-0.1, -0.05) is 19.1 Å². The highest BCUT2D eigenvalue weighted by Crippen LogP contribution is 2.20. The van der Waals surface area contributed by atoms with Crippen LogP contribution in [0, 0.1) is 5.92 Å². The lowest BCUT2D eigenvalue weighted by atomic mass is 9.99. The van der Waals surface area contributed by atoms with Gasteiger partial charge in [0.05, 0.1) is 12.7 Å². The highest BCUT2D eigenvalue weighted by Gasteiger charge is 2.17. The molecular weight excluding hydrogens is 294 g/mol. The van der Waals surface area contributed by atoms with Crippen LogP contribution in [0.2, 0.25) is 0 Å². The molecule has 1 N–H and O–H groups in total. The van der Waals surface area contributed by atoms with E-state index in [1.807, 2.05) is 39.8 Å². The standard InChI is InChI=1S/C18H27NO4/c1-13(12-19-17(21)23-18(2,3)4)10-11-15(20)14-8-6-7-9-16(14)22-5/h6-9,13H,10-12H2,1-5H3,(H,19,21). The molecule has 1 unspecified atom stereocenters. The Kier molecular flexibility index (Phi) is 7.07. The van der Waals surface area contributed by atoms with Crippen molar-refractivity contribution in [1.29, 1.82) is 0 Å². The van der Waals surface area contributed by atoms with Gasteiger partial charge in [-0.05, 0) is 45.2 Å². The van der Waals surface area contributed by atoms with Crippen molar-refractivity contribution >= 4 is 11.9 Å². The molecule has 0 saturated carbocycles. The van der Waals surface area contributed by atoms with Crippen LogP contribution >= 0.6 is 0 Å². The molecular formula is C18H27NO4. The number of ketones is 1. The summed E-state index contributed by atoms with van der Waals surface area (Å²) in [6.45, 7) is 7.94. The van der Waals surface area contributed by atoms with Crippen molar-refractivity contribution < 1.29 is 19.1 Å². The van der Waals surface area contributed by atoms with E-state index in [9.17, 15) is 9.59 Å². The average molecular weight is 321 g/mol. The predicted molar refractivity (Wildman–Crippen MR) is 90.0 cm³/mol. The van der Waals surface area contributed by atoms with Crippen molar-refractivity contribution in [3.05, 3.63) is 29.8 Å². The SMILES string of the molecule is COc1ccccc1C(=O)CCC(C)CNC(=O)OC(C)(C)C. The monoisotopic (exact) mass is 321 g/mol. The number of Topliss-reactive ketones (excluding diaryl/α,β-unsaturated/α-hetero) is 1. The Labute approximate surface area is 138 Å². The summed E-state index contributed by atoms with van der Waals surface area (Å²) in [5, 5.41) is 2.73. The van der Waals surface area contributed by atoms with E-state index in [-0.39, 0.29) is 11.7 Å². The van der Waals surface area contributed by atoms with Gasteiger partial charge in [0.25, 0.3) is 0 Å². The molecule has 5 heteroatoms. The molecule has 0 heterocycles. The van der Waals surface area contributed by atoms with Crippen molar-refractivity contribution in [2.75, 3.05) is 13.7 Å². The van der Waals surface area contributed by atoms with E-state index in [0.717, 1.165) is 0 Å². The fourth-order valence-corrected chi connectivity index (χ4v) is 2.06. The molecule has 0 aliphatic heterocycles. The van der Waals surface area contributed by atoms with Gasteiger partial charge in [-0.3, -0.25) is 4.79 Å². The number of nitrogens with one attached hydrogen (secondary N) is 1. The molecule has 0 spiro atoms. The van der Waals surface area contributed by atoms with Crippen molar-refractivity contribution in [3.8, 4) is 5.75 Å². The van der Waals surface area contributed by atoms with Gasteiger partial charge in [0.2, 0.25) is 0 Å². The zero-order valence-electron chi connectivity index (χ0n) is 14.6. The Morgan fingerprint density at radius 1 is 1.22 bits per heavy atom. The van der Waals surface area contributed by atoms with E-state index in [4.69, 9.17) is 9.47 Å². The van der Waals surface area contributed by atoms with Crippen LogP contribution < -0.4 is 10.1 Å². The maximum absolute atomic E-state index is 12.3. The molecule has 0 fully saturated rings. The van der Waals surface area contributed by atoms with E-state index >= 15 is 0 Å². The smallest absolute Gasteiger partial charge is 0.407 e. The predicted octanol–water partition coefficient (Wildman–Crippen LogP) is 3.82. The first kappa shape index (κ1) is 19.0. The molecule has 1 aromatic carbocycles. The third-order valence-corrected chi connectivity index (χ3v) is 3.27. The van der Waals surface area contributed by atoms with Crippen molar-refractivity contribution in [2.45, 2.75) is 46.1 Å². The number of rotatable bonds is 7. The van der Waals surface area contributed by atoms with E-state index in [1.165, 1.54) is 0 Å². The van der Waals surface area contributed by atoms with Crippen LogP contribution in [0.1, 0.15) is 50.9 Å². The second-order valence-electron chi connectivity index (χ2n) is 6.65. The first-order chi connectivity index (χ1) is 10.7. The fraction of sp³-hybridized carbons (Fsp3) is 0.556. The van der Waals surface area contributed by atoms with Gasteiger partial charge in [0.15, 0.2) is 5.78 Å². The van der Waals surface area contributed by atoms with Crippen LogP contribution in [0.5, 0.6) is 5.75 Å². The summed E-state index contributed by atoms with van der Waals surface area (Å²) < 4.78 is 10.4. The quantitative estimate of drug-likeness (QED) is 0.775. The lowest BCUT2D eigenvalue weighted by Gasteiger charge is -2.20. The Balaban J connectivity index is 2.40. The molecule has 5 nitrogen and oxygen atoms in total. The number of alkyl carbamates (subject to hydrolysis) is 1. The molecule has 1 aromatic rings. The maximum atomic E-state index is 12.3. The number of para-hydroxylation sites is 1. The highest BCUT2D eigenvalue weighted by molar-refractivity contribution is 5.98.